The first-order chi connectivity index (χ1) is 32.5. The number of likely N-dealkylation sites (tertiary alicyclic amines) is 1. The van der Waals surface area contributed by atoms with Gasteiger partial charge in [-0.3, -0.25) is 39.6 Å². The summed E-state index contributed by atoms with van der Waals surface area (Å²) in [6.07, 6.45) is 16.9. The summed E-state index contributed by atoms with van der Waals surface area (Å²) in [5.41, 5.74) is 7.08. The van der Waals surface area contributed by atoms with Gasteiger partial charge in [0.1, 0.15) is 11.5 Å². The number of hydrogen-bond acceptors (Lipinski definition) is 13. The third-order valence-electron chi connectivity index (χ3n) is 13.9. The third-order valence-corrected chi connectivity index (χ3v) is 13.9. The Kier molecular flexibility index (Phi) is 13.1. The molecule has 1 aliphatic carbocycles. The zero-order chi connectivity index (χ0) is 46.5. The summed E-state index contributed by atoms with van der Waals surface area (Å²) < 4.78 is 7.44. The summed E-state index contributed by atoms with van der Waals surface area (Å²) in [6, 6.07) is 17.2. The van der Waals surface area contributed by atoms with Crippen molar-refractivity contribution in [3.8, 4) is 23.3 Å². The van der Waals surface area contributed by atoms with E-state index in [0.29, 0.717) is 67.7 Å². The van der Waals surface area contributed by atoms with Gasteiger partial charge >= 0.3 is 0 Å². The summed E-state index contributed by atoms with van der Waals surface area (Å²) >= 11 is 0. The quantitative estimate of drug-likeness (QED) is 0.163. The fourth-order valence-corrected chi connectivity index (χ4v) is 9.96. The van der Waals surface area contributed by atoms with E-state index in [1.54, 1.807) is 18.3 Å². The molecule has 346 valence electrons. The zero-order valence-electron chi connectivity index (χ0n) is 37.7. The van der Waals surface area contributed by atoms with Crippen LogP contribution < -0.4 is 31.4 Å². The number of ether oxygens (including phenoxy) is 1. The normalized spacial score (nSPS) is 23.5. The van der Waals surface area contributed by atoms with Crippen molar-refractivity contribution in [1.82, 2.24) is 45.7 Å². The number of nitriles is 1. The first-order valence-corrected chi connectivity index (χ1v) is 23.2. The fraction of sp³-hybridized carbons (Fsp3) is 0.420. The van der Waals surface area contributed by atoms with Crippen LogP contribution in [0.3, 0.4) is 0 Å². The van der Waals surface area contributed by atoms with Crippen LogP contribution in [0.15, 0.2) is 96.0 Å². The zero-order valence-corrected chi connectivity index (χ0v) is 37.7. The van der Waals surface area contributed by atoms with Crippen molar-refractivity contribution < 1.29 is 23.9 Å². The number of imide groups is 1. The SMILES string of the molecule is Cc1nn(C2CCC(=O)NC2=O)c(=O)c2cc(N3CCN(CCCC(=O)N4CCC(COc5ccnc(-c6cccc(CC7(C8(C#N)C=CC=CC8)C=CC(=O)NN7)c6)n5)CC4)CC3)ccc12. The van der Waals surface area contributed by atoms with E-state index < -0.39 is 22.9 Å². The molecule has 3 unspecified atom stereocenters. The Balaban J connectivity index is 0.719. The maximum absolute atomic E-state index is 13.6. The van der Waals surface area contributed by atoms with E-state index in [4.69, 9.17) is 9.72 Å². The van der Waals surface area contributed by atoms with Gasteiger partial charge in [0.15, 0.2) is 5.82 Å². The predicted molar refractivity (Wildman–Crippen MR) is 250 cm³/mol. The largest absolute Gasteiger partial charge is 0.477 e. The van der Waals surface area contributed by atoms with Gasteiger partial charge in [0, 0.05) is 87.1 Å². The van der Waals surface area contributed by atoms with Crippen molar-refractivity contribution in [2.24, 2.45) is 11.3 Å². The van der Waals surface area contributed by atoms with Crippen LogP contribution in [0.2, 0.25) is 0 Å². The number of hydrazine groups is 1. The molecule has 0 radical (unpaired) electrons. The van der Waals surface area contributed by atoms with Crippen molar-refractivity contribution in [2.75, 3.05) is 57.3 Å². The molecule has 0 saturated carbocycles. The molecule has 5 aliphatic rings. The average molecular weight is 906 g/mol. The monoisotopic (exact) mass is 905 g/mol. The van der Waals surface area contributed by atoms with Gasteiger partial charge in [-0.05, 0) is 81.7 Å². The van der Waals surface area contributed by atoms with Gasteiger partial charge in [0.25, 0.3) is 17.4 Å². The highest BCUT2D eigenvalue weighted by Crippen LogP contribution is 2.43. The summed E-state index contributed by atoms with van der Waals surface area (Å²) in [6.45, 7) is 7.78. The van der Waals surface area contributed by atoms with Gasteiger partial charge in [0.05, 0.1) is 29.3 Å². The van der Waals surface area contributed by atoms with Crippen molar-refractivity contribution in [3.63, 3.8) is 0 Å². The number of fused-ring (bicyclic) bond motifs is 1. The van der Waals surface area contributed by atoms with Crippen molar-refractivity contribution in [2.45, 2.75) is 69.9 Å². The van der Waals surface area contributed by atoms with E-state index in [-0.39, 0.29) is 36.1 Å². The van der Waals surface area contributed by atoms with Crippen LogP contribution in [0.1, 0.15) is 62.2 Å². The molecular formula is C50H55N11O6. The van der Waals surface area contributed by atoms with Crippen LogP contribution in [0.25, 0.3) is 22.2 Å². The van der Waals surface area contributed by atoms with Gasteiger partial charge in [-0.1, -0.05) is 54.6 Å². The molecule has 17 heteroatoms. The van der Waals surface area contributed by atoms with Crippen LogP contribution in [0.4, 0.5) is 5.69 Å². The molecule has 4 amide bonds. The number of aryl methyl sites for hydroxylation is 1. The molecule has 6 heterocycles. The second-order valence-electron chi connectivity index (χ2n) is 18.2. The lowest BCUT2D eigenvalue weighted by atomic mass is 9.64. The van der Waals surface area contributed by atoms with E-state index in [1.807, 2.05) is 78.6 Å². The van der Waals surface area contributed by atoms with Crippen LogP contribution in [0.5, 0.6) is 5.88 Å². The second kappa shape index (κ2) is 19.4. The van der Waals surface area contributed by atoms with Gasteiger partial charge in [-0.25, -0.2) is 15.1 Å². The number of allylic oxidation sites excluding steroid dienone is 3. The number of carbonyl (C=O) groups is 4. The van der Waals surface area contributed by atoms with Crippen LogP contribution >= 0.6 is 0 Å². The summed E-state index contributed by atoms with van der Waals surface area (Å²) in [7, 11) is 0. The van der Waals surface area contributed by atoms with Gasteiger partial charge in [-0.15, -0.1) is 0 Å². The number of nitrogens with zero attached hydrogens (tertiary/aromatic N) is 8. The maximum Gasteiger partial charge on any atom is 0.275 e. The Morgan fingerprint density at radius 3 is 2.54 bits per heavy atom. The first kappa shape index (κ1) is 45.1. The number of piperidine rings is 2. The number of aromatic nitrogens is 4. The number of rotatable bonds is 13. The van der Waals surface area contributed by atoms with Gasteiger partial charge in [-0.2, -0.15) is 15.3 Å². The number of benzene rings is 2. The molecule has 3 saturated heterocycles. The standard InChI is InChI=1S/C50H55N11O6/c1-34-39-11-10-38(30-40(39)48(66)61(56-34)41-12-13-42(62)53-47(41)65)59-27-25-58(26-28-59)22-6-9-45(64)60-23-16-35(17-24-60)32-67-44-15-21-52-46(54-44)37-8-5-7-36(29-37)31-50(20-14-43(63)55-57-50)49(33-51)18-3-2-4-19-49/h2-5,7-8,10-11,14-15,18,20-21,29-30,35,41,57H,6,9,12-13,16-17,19,22-28,31-32H2,1H3,(H,55,63)(H,53,62,65). The van der Waals surface area contributed by atoms with Crippen LogP contribution in [0, 0.1) is 29.6 Å². The number of anilines is 1. The Morgan fingerprint density at radius 2 is 1.79 bits per heavy atom. The van der Waals surface area contributed by atoms with E-state index in [1.165, 1.54) is 10.8 Å². The summed E-state index contributed by atoms with van der Waals surface area (Å²) in [5, 5.41) is 18.4. The summed E-state index contributed by atoms with van der Waals surface area (Å²) in [5.74, 6) is 0.371. The van der Waals surface area contributed by atoms with Crippen molar-refractivity contribution >= 4 is 40.1 Å². The molecule has 4 aromatic rings. The number of nitrogens with one attached hydrogen (secondary N) is 3. The lowest BCUT2D eigenvalue weighted by Crippen LogP contribution is -2.64. The van der Waals surface area contributed by atoms with Gasteiger partial charge in [0.2, 0.25) is 17.7 Å². The van der Waals surface area contributed by atoms with Crippen LogP contribution in [-0.2, 0) is 25.6 Å². The number of piperazine rings is 1. The molecule has 3 fully saturated rings. The summed E-state index contributed by atoms with van der Waals surface area (Å²) in [4.78, 5) is 79.1. The molecule has 9 rings (SSSR count). The topological polar surface area (TPSA) is 208 Å². The maximum atomic E-state index is 13.6. The smallest absolute Gasteiger partial charge is 0.275 e. The minimum absolute atomic E-state index is 0.165. The molecule has 4 aliphatic heterocycles. The highest BCUT2D eigenvalue weighted by molar-refractivity contribution is 5.99. The predicted octanol–water partition coefficient (Wildman–Crippen LogP) is 3.86. The molecule has 3 atom stereocenters. The number of amides is 4. The van der Waals surface area contributed by atoms with Gasteiger partial charge < -0.3 is 14.5 Å². The lowest BCUT2D eigenvalue weighted by molar-refractivity contribution is -0.136. The van der Waals surface area contributed by atoms with E-state index >= 15 is 0 Å². The fourth-order valence-electron chi connectivity index (χ4n) is 9.96. The minimum Gasteiger partial charge on any atom is -0.477 e. The van der Waals surface area contributed by atoms with E-state index in [2.05, 4.69) is 42.1 Å². The Labute approximate surface area is 388 Å². The van der Waals surface area contributed by atoms with E-state index in [0.717, 1.165) is 74.2 Å². The van der Waals surface area contributed by atoms with Crippen LogP contribution in [-0.4, -0.2) is 111 Å². The molecule has 2 aromatic heterocycles. The molecule has 67 heavy (non-hydrogen) atoms. The van der Waals surface area contributed by atoms with Crippen molar-refractivity contribution in [3.05, 3.63) is 113 Å². The minimum atomic E-state index is -0.919. The van der Waals surface area contributed by atoms with E-state index in [9.17, 15) is 29.2 Å². The average Bonchev–Trinajstić information content (AvgIpc) is 3.36. The molecular weight excluding hydrogens is 851 g/mol. The highest BCUT2D eigenvalue weighted by Gasteiger charge is 2.50. The Morgan fingerprint density at radius 1 is 0.955 bits per heavy atom. The number of carbonyl (C=O) groups excluding carboxylic acids is 4. The number of hydrogen-bond donors (Lipinski definition) is 3. The molecule has 2 aromatic carbocycles. The lowest BCUT2D eigenvalue weighted by Gasteiger charge is -2.45. The second-order valence-corrected chi connectivity index (χ2v) is 18.2. The molecule has 17 nitrogen and oxygen atoms in total. The first-order valence-electron chi connectivity index (χ1n) is 23.2. The third kappa shape index (κ3) is 9.63. The highest BCUT2D eigenvalue weighted by atomic mass is 16.5. The Bertz CT molecular complexity index is 2760. The molecule has 0 spiro atoms. The van der Waals surface area contributed by atoms with Crippen molar-refractivity contribution in [1.29, 1.82) is 5.26 Å². The molecule has 0 bridgehead atoms. The molecule has 3 N–H and O–H groups in total. The Hall–Kier alpha value is -7.03.